The average molecular weight is 296 g/mol. The van der Waals surface area contributed by atoms with Gasteiger partial charge in [-0.1, -0.05) is 97.1 Å². The van der Waals surface area contributed by atoms with Crippen molar-refractivity contribution in [3.8, 4) is 0 Å². The molecule has 0 heterocycles. The van der Waals surface area contributed by atoms with Gasteiger partial charge in [-0.2, -0.15) is 9.79 Å². The minimum Gasteiger partial charge on any atom is -0.780 e. The van der Waals surface area contributed by atoms with Crippen LogP contribution in [-0.2, 0) is 25.3 Å². The van der Waals surface area contributed by atoms with E-state index in [-0.39, 0.29) is 0 Å². The van der Waals surface area contributed by atoms with Crippen LogP contribution in [0, 0.1) is 0 Å². The molecular formula is C18H16S2-2. The minimum absolute atomic E-state index is 0.779. The van der Waals surface area contributed by atoms with Gasteiger partial charge in [-0.15, -0.1) is 0 Å². The van der Waals surface area contributed by atoms with Gasteiger partial charge in [-0.05, 0) is 0 Å². The van der Waals surface area contributed by atoms with Crippen LogP contribution in [0.15, 0.2) is 107 Å². The van der Waals surface area contributed by atoms with E-state index in [9.17, 15) is 0 Å². The third-order valence-corrected chi connectivity index (χ3v) is 2.70. The lowest BCUT2D eigenvalue weighted by molar-refractivity contribution is 1.49. The fraction of sp³-hybridized carbons (Fsp3) is 0. The van der Waals surface area contributed by atoms with Crippen LogP contribution >= 0.6 is 0 Å². The summed E-state index contributed by atoms with van der Waals surface area (Å²) < 4.78 is 0. The largest absolute Gasteiger partial charge is 0.780 e. The molecule has 0 saturated carbocycles. The SMILES string of the molecule is [S-]c1cccccccccccc([S-])ccccc1. The zero-order chi connectivity index (χ0) is 14.5. The highest BCUT2D eigenvalue weighted by atomic mass is 32.1. The molecule has 102 valence electrons. The van der Waals surface area contributed by atoms with E-state index in [0.717, 1.165) is 9.79 Å². The summed E-state index contributed by atoms with van der Waals surface area (Å²) >= 11 is 10.4. The molecule has 0 fully saturated rings. The number of hydrogen-bond donors (Lipinski definition) is 0. The van der Waals surface area contributed by atoms with Gasteiger partial charge in [0.1, 0.15) is 0 Å². The van der Waals surface area contributed by atoms with Gasteiger partial charge in [-0.25, -0.2) is 0 Å². The Hall–Kier alpha value is -1.90. The van der Waals surface area contributed by atoms with Crippen LogP contribution in [0.25, 0.3) is 0 Å². The van der Waals surface area contributed by atoms with E-state index in [0.29, 0.717) is 0 Å². The van der Waals surface area contributed by atoms with Gasteiger partial charge in [0, 0.05) is 0 Å². The fourth-order valence-electron chi connectivity index (χ4n) is 1.23. The molecular weight excluding hydrogens is 280 g/mol. The van der Waals surface area contributed by atoms with Crippen LogP contribution < -0.4 is 0 Å². The molecule has 0 nitrogen and oxygen atoms in total. The molecule has 1 rings (SSSR count). The van der Waals surface area contributed by atoms with Crippen molar-refractivity contribution in [3.63, 3.8) is 0 Å². The Bertz CT molecular complexity index is 530. The predicted octanol–water partition coefficient (Wildman–Crippen LogP) is 4.87. The van der Waals surface area contributed by atoms with Gasteiger partial charge in [0.2, 0.25) is 0 Å². The van der Waals surface area contributed by atoms with Gasteiger partial charge in [0.25, 0.3) is 0 Å². The number of hydrogen-bond acceptors (Lipinski definition) is 2. The molecule has 0 unspecified atom stereocenters. The first kappa shape index (κ1) is 16.2. The van der Waals surface area contributed by atoms with Crippen LogP contribution in [0.3, 0.4) is 0 Å². The zero-order valence-corrected chi connectivity index (χ0v) is 12.7. The molecule has 20 heavy (non-hydrogen) atoms. The Morgan fingerprint density at radius 2 is 0.550 bits per heavy atom. The second kappa shape index (κ2) is 11.0. The summed E-state index contributed by atoms with van der Waals surface area (Å²) in [6.07, 6.45) is 0. The quantitative estimate of drug-likeness (QED) is 0.626. The number of rotatable bonds is 0. The van der Waals surface area contributed by atoms with Gasteiger partial charge in [-0.3, -0.25) is 0 Å². The van der Waals surface area contributed by atoms with Gasteiger partial charge >= 0.3 is 0 Å². The highest BCUT2D eigenvalue weighted by Crippen LogP contribution is 1.92. The van der Waals surface area contributed by atoms with E-state index in [4.69, 9.17) is 25.3 Å². The maximum Gasteiger partial charge on any atom is -0.0623 e. The monoisotopic (exact) mass is 296 g/mol. The Labute approximate surface area is 132 Å². The van der Waals surface area contributed by atoms with Crippen molar-refractivity contribution in [1.82, 2.24) is 0 Å². The molecule has 0 saturated heterocycles. The maximum atomic E-state index is 5.18. The lowest BCUT2D eigenvalue weighted by atomic mass is 10.4. The first-order valence-electron chi connectivity index (χ1n) is 6.23. The third kappa shape index (κ3) is 9.09. The molecule has 0 aromatic heterocycles. The van der Waals surface area contributed by atoms with Gasteiger partial charge in [0.05, 0.1) is 0 Å². The highest BCUT2D eigenvalue weighted by molar-refractivity contribution is 7.59. The van der Waals surface area contributed by atoms with Crippen molar-refractivity contribution in [2.45, 2.75) is 9.79 Å². The van der Waals surface area contributed by atoms with E-state index in [1.54, 1.807) is 0 Å². The molecule has 0 spiro atoms. The molecule has 2 heteroatoms. The summed E-state index contributed by atoms with van der Waals surface area (Å²) in [6.45, 7) is 0. The molecule has 0 aliphatic carbocycles. The Morgan fingerprint density at radius 3 is 0.850 bits per heavy atom. The average Bonchev–Trinajstić information content (AvgIpc) is 2.43. The van der Waals surface area contributed by atoms with Crippen LogP contribution in [0.2, 0.25) is 0 Å². The van der Waals surface area contributed by atoms with Crippen molar-refractivity contribution in [3.05, 3.63) is 97.1 Å². The summed E-state index contributed by atoms with van der Waals surface area (Å²) in [4.78, 5) is 1.56. The third-order valence-electron chi connectivity index (χ3n) is 2.15. The van der Waals surface area contributed by atoms with Gasteiger partial charge in [0.15, 0.2) is 0 Å². The first-order chi connectivity index (χ1) is 9.79. The van der Waals surface area contributed by atoms with Crippen molar-refractivity contribution in [2.75, 3.05) is 0 Å². The van der Waals surface area contributed by atoms with Crippen LogP contribution in [0.4, 0.5) is 0 Å². The minimum atomic E-state index is 0.779. The van der Waals surface area contributed by atoms with E-state index in [1.807, 2.05) is 97.1 Å². The lowest BCUT2D eigenvalue weighted by Gasteiger charge is -1.97. The van der Waals surface area contributed by atoms with Crippen molar-refractivity contribution in [1.29, 1.82) is 0 Å². The molecule has 0 bridgehead atoms. The summed E-state index contributed by atoms with van der Waals surface area (Å²) in [5.41, 5.74) is 0. The Kier molecular flexibility index (Phi) is 8.86. The summed E-state index contributed by atoms with van der Waals surface area (Å²) in [6, 6.07) is 30.7. The second-order valence-corrected chi connectivity index (χ2v) is 4.72. The van der Waals surface area contributed by atoms with E-state index in [2.05, 4.69) is 0 Å². The molecule has 0 radical (unpaired) electrons. The molecule has 1 aromatic carbocycles. The Balaban J connectivity index is 3.20. The highest BCUT2D eigenvalue weighted by Gasteiger charge is 1.63. The first-order valence-corrected chi connectivity index (χ1v) is 7.05. The molecule has 0 aliphatic heterocycles. The Morgan fingerprint density at radius 1 is 0.350 bits per heavy atom. The summed E-state index contributed by atoms with van der Waals surface area (Å²) in [5, 5.41) is 0. The van der Waals surface area contributed by atoms with Crippen molar-refractivity contribution < 1.29 is 0 Å². The summed E-state index contributed by atoms with van der Waals surface area (Å²) in [5.74, 6) is 0. The van der Waals surface area contributed by atoms with E-state index < -0.39 is 0 Å². The fourth-order valence-corrected chi connectivity index (χ4v) is 1.54. The smallest absolute Gasteiger partial charge is 0.0623 e. The standard InChI is InChI=1S/C18H18S2/c19-17-13-9-6-4-2-1-3-5-7-10-14-18(20)16-12-8-11-15-17/h1-16,19-20H/p-2. The van der Waals surface area contributed by atoms with Crippen molar-refractivity contribution >= 4 is 25.3 Å². The predicted molar refractivity (Wildman–Crippen MR) is 90.6 cm³/mol. The van der Waals surface area contributed by atoms with Crippen LogP contribution in [0.1, 0.15) is 0 Å². The summed E-state index contributed by atoms with van der Waals surface area (Å²) in [7, 11) is 0. The van der Waals surface area contributed by atoms with E-state index in [1.165, 1.54) is 0 Å². The van der Waals surface area contributed by atoms with E-state index >= 15 is 0 Å². The maximum absolute atomic E-state index is 5.18. The molecule has 0 N–H and O–H groups in total. The van der Waals surface area contributed by atoms with Crippen LogP contribution in [-0.4, -0.2) is 0 Å². The zero-order valence-electron chi connectivity index (χ0n) is 11.1. The second-order valence-electron chi connectivity index (χ2n) is 3.78. The lowest BCUT2D eigenvalue weighted by Crippen LogP contribution is -1.60. The van der Waals surface area contributed by atoms with Gasteiger partial charge < -0.3 is 25.3 Å². The van der Waals surface area contributed by atoms with Crippen molar-refractivity contribution in [2.24, 2.45) is 0 Å². The molecule has 0 atom stereocenters. The van der Waals surface area contributed by atoms with Crippen LogP contribution in [0.5, 0.6) is 0 Å². The molecule has 1 aromatic rings. The topological polar surface area (TPSA) is 0 Å². The normalized spacial score (nSPS) is 8.40. The molecule has 0 aliphatic rings. The molecule has 0 amide bonds.